The maximum absolute atomic E-state index is 12.8. The molecule has 0 bridgehead atoms. The van der Waals surface area contributed by atoms with Crippen molar-refractivity contribution in [2.45, 2.75) is 13.8 Å². The number of piperazine rings is 1. The molecule has 2 aromatic carbocycles. The van der Waals surface area contributed by atoms with E-state index in [1.807, 2.05) is 62.4 Å². The van der Waals surface area contributed by atoms with Gasteiger partial charge in [0.05, 0.1) is 6.54 Å². The largest absolute Gasteiger partial charge is 0.355 e. The lowest BCUT2D eigenvalue weighted by atomic mass is 10.1. The SMILES string of the molecule is Cc1cccc(NC(=O)CN2CCN(C(=O)c3cc(-c4ccccc4)on3)CC2)c1C. The zero-order valence-electron chi connectivity index (χ0n) is 17.8. The van der Waals surface area contributed by atoms with Crippen LogP contribution in [0.5, 0.6) is 0 Å². The first-order valence-electron chi connectivity index (χ1n) is 10.4. The fraction of sp³-hybridized carbons (Fsp3) is 0.292. The quantitative estimate of drug-likeness (QED) is 0.687. The normalized spacial score (nSPS) is 14.5. The molecular weight excluding hydrogens is 392 g/mol. The standard InChI is InChI=1S/C24H26N4O3/c1-17-7-6-10-20(18(17)2)25-23(29)16-27-11-13-28(14-12-27)24(30)21-15-22(31-26-21)19-8-4-3-5-9-19/h3-10,15H,11-14,16H2,1-2H3,(H,25,29). The highest BCUT2D eigenvalue weighted by molar-refractivity contribution is 5.94. The van der Waals surface area contributed by atoms with Crippen LogP contribution < -0.4 is 5.32 Å². The molecule has 2 amide bonds. The van der Waals surface area contributed by atoms with Crippen LogP contribution >= 0.6 is 0 Å². The van der Waals surface area contributed by atoms with Gasteiger partial charge in [-0.15, -0.1) is 0 Å². The highest BCUT2D eigenvalue weighted by atomic mass is 16.5. The number of nitrogens with one attached hydrogen (secondary N) is 1. The van der Waals surface area contributed by atoms with Crippen LogP contribution in [0.4, 0.5) is 5.69 Å². The van der Waals surface area contributed by atoms with Crippen molar-refractivity contribution in [2.75, 3.05) is 38.0 Å². The number of carbonyl (C=O) groups is 2. The third kappa shape index (κ3) is 4.83. The Hall–Kier alpha value is -3.45. The van der Waals surface area contributed by atoms with E-state index in [4.69, 9.17) is 4.52 Å². The molecule has 4 rings (SSSR count). The zero-order chi connectivity index (χ0) is 21.8. The number of anilines is 1. The molecule has 1 fully saturated rings. The first-order chi connectivity index (χ1) is 15.0. The lowest BCUT2D eigenvalue weighted by Crippen LogP contribution is -2.50. The van der Waals surface area contributed by atoms with Crippen molar-refractivity contribution < 1.29 is 14.1 Å². The van der Waals surface area contributed by atoms with E-state index in [1.165, 1.54) is 0 Å². The molecule has 1 aliphatic rings. The topological polar surface area (TPSA) is 78.7 Å². The Balaban J connectivity index is 1.29. The predicted octanol–water partition coefficient (Wildman–Crippen LogP) is 3.35. The van der Waals surface area contributed by atoms with Crippen LogP contribution in [0.1, 0.15) is 21.6 Å². The van der Waals surface area contributed by atoms with Crippen LogP contribution in [-0.2, 0) is 4.79 Å². The molecule has 31 heavy (non-hydrogen) atoms. The van der Waals surface area contributed by atoms with Gasteiger partial charge in [-0.05, 0) is 31.0 Å². The molecule has 7 heteroatoms. The van der Waals surface area contributed by atoms with Gasteiger partial charge in [0.25, 0.3) is 5.91 Å². The Kier molecular flexibility index (Phi) is 6.13. The van der Waals surface area contributed by atoms with E-state index in [2.05, 4.69) is 15.4 Å². The number of nitrogens with zero attached hydrogens (tertiary/aromatic N) is 3. The van der Waals surface area contributed by atoms with Gasteiger partial charge in [-0.25, -0.2) is 0 Å². The number of amides is 2. The van der Waals surface area contributed by atoms with E-state index < -0.39 is 0 Å². The van der Waals surface area contributed by atoms with Gasteiger partial charge < -0.3 is 14.7 Å². The molecule has 3 aromatic rings. The minimum Gasteiger partial charge on any atom is -0.355 e. The zero-order valence-corrected chi connectivity index (χ0v) is 17.8. The molecule has 0 aliphatic carbocycles. The summed E-state index contributed by atoms with van der Waals surface area (Å²) in [6.45, 7) is 6.69. The van der Waals surface area contributed by atoms with Gasteiger partial charge >= 0.3 is 0 Å². The number of rotatable bonds is 5. The van der Waals surface area contributed by atoms with Crippen LogP contribution in [-0.4, -0.2) is 59.5 Å². The summed E-state index contributed by atoms with van der Waals surface area (Å²) in [6, 6.07) is 17.1. The number of hydrogen-bond acceptors (Lipinski definition) is 5. The molecule has 2 heterocycles. The van der Waals surface area contributed by atoms with Gasteiger partial charge in [-0.2, -0.15) is 0 Å². The van der Waals surface area contributed by atoms with Crippen molar-refractivity contribution >= 4 is 17.5 Å². The summed E-state index contributed by atoms with van der Waals surface area (Å²) in [5.74, 6) is 0.383. The van der Waals surface area contributed by atoms with Crippen molar-refractivity contribution in [1.29, 1.82) is 0 Å². The number of aromatic nitrogens is 1. The summed E-state index contributed by atoms with van der Waals surface area (Å²) in [4.78, 5) is 29.1. The Labute approximate surface area is 181 Å². The minimum absolute atomic E-state index is 0.0440. The summed E-state index contributed by atoms with van der Waals surface area (Å²) in [5.41, 5.74) is 4.26. The maximum atomic E-state index is 12.8. The monoisotopic (exact) mass is 418 g/mol. The second-order valence-electron chi connectivity index (χ2n) is 7.81. The summed E-state index contributed by atoms with van der Waals surface area (Å²) in [6.07, 6.45) is 0. The third-order valence-corrected chi connectivity index (χ3v) is 5.69. The van der Waals surface area contributed by atoms with Gasteiger partial charge in [0.1, 0.15) is 0 Å². The molecule has 0 spiro atoms. The van der Waals surface area contributed by atoms with E-state index >= 15 is 0 Å². The molecule has 1 N–H and O–H groups in total. The van der Waals surface area contributed by atoms with Crippen molar-refractivity contribution in [1.82, 2.24) is 15.0 Å². The van der Waals surface area contributed by atoms with Crippen LogP contribution in [0.2, 0.25) is 0 Å². The molecule has 1 saturated heterocycles. The van der Waals surface area contributed by atoms with Gasteiger partial charge in [-0.1, -0.05) is 47.6 Å². The summed E-state index contributed by atoms with van der Waals surface area (Å²) in [7, 11) is 0. The van der Waals surface area contributed by atoms with Crippen LogP contribution in [0.15, 0.2) is 59.1 Å². The minimum atomic E-state index is -0.148. The fourth-order valence-corrected chi connectivity index (χ4v) is 3.66. The lowest BCUT2D eigenvalue weighted by Gasteiger charge is -2.33. The number of aryl methyl sites for hydroxylation is 1. The highest BCUT2D eigenvalue weighted by Gasteiger charge is 2.25. The average Bonchev–Trinajstić information content (AvgIpc) is 3.28. The van der Waals surface area contributed by atoms with Crippen molar-refractivity contribution in [3.63, 3.8) is 0 Å². The van der Waals surface area contributed by atoms with Gasteiger partial charge in [-0.3, -0.25) is 14.5 Å². The molecule has 7 nitrogen and oxygen atoms in total. The van der Waals surface area contributed by atoms with Gasteiger partial charge in [0.2, 0.25) is 5.91 Å². The van der Waals surface area contributed by atoms with Gasteiger partial charge in [0.15, 0.2) is 11.5 Å². The first-order valence-corrected chi connectivity index (χ1v) is 10.4. The van der Waals surface area contributed by atoms with Crippen LogP contribution in [0.25, 0.3) is 11.3 Å². The summed E-state index contributed by atoms with van der Waals surface area (Å²) < 4.78 is 5.35. The smallest absolute Gasteiger partial charge is 0.276 e. The second kappa shape index (κ2) is 9.14. The number of hydrogen-bond donors (Lipinski definition) is 1. The molecule has 1 aromatic heterocycles. The number of benzene rings is 2. The molecule has 0 radical (unpaired) electrons. The average molecular weight is 418 g/mol. The van der Waals surface area contributed by atoms with Crippen molar-refractivity contribution in [3.05, 3.63) is 71.4 Å². The van der Waals surface area contributed by atoms with Crippen molar-refractivity contribution in [3.8, 4) is 11.3 Å². The van der Waals surface area contributed by atoms with E-state index in [0.717, 1.165) is 22.4 Å². The highest BCUT2D eigenvalue weighted by Crippen LogP contribution is 2.21. The summed E-state index contributed by atoms with van der Waals surface area (Å²) in [5, 5.41) is 6.95. The summed E-state index contributed by atoms with van der Waals surface area (Å²) >= 11 is 0. The Morgan fingerprint density at radius 1 is 1.00 bits per heavy atom. The van der Waals surface area contributed by atoms with E-state index in [9.17, 15) is 9.59 Å². The van der Waals surface area contributed by atoms with Crippen LogP contribution in [0, 0.1) is 13.8 Å². The Morgan fingerprint density at radius 2 is 1.74 bits per heavy atom. The molecule has 0 unspecified atom stereocenters. The Bertz CT molecular complexity index is 1070. The lowest BCUT2D eigenvalue weighted by molar-refractivity contribution is -0.117. The molecule has 0 saturated carbocycles. The number of carbonyl (C=O) groups excluding carboxylic acids is 2. The fourth-order valence-electron chi connectivity index (χ4n) is 3.66. The van der Waals surface area contributed by atoms with E-state index in [0.29, 0.717) is 44.2 Å². The molecule has 0 atom stereocenters. The molecular formula is C24H26N4O3. The van der Waals surface area contributed by atoms with Gasteiger partial charge in [0, 0.05) is 43.5 Å². The maximum Gasteiger partial charge on any atom is 0.276 e. The molecule has 160 valence electrons. The Morgan fingerprint density at radius 3 is 2.48 bits per heavy atom. The van der Waals surface area contributed by atoms with Crippen LogP contribution in [0.3, 0.4) is 0 Å². The third-order valence-electron chi connectivity index (χ3n) is 5.69. The first kappa shape index (κ1) is 20.8. The van der Waals surface area contributed by atoms with Crippen molar-refractivity contribution in [2.24, 2.45) is 0 Å². The van der Waals surface area contributed by atoms with E-state index in [1.54, 1.807) is 11.0 Å². The second-order valence-corrected chi connectivity index (χ2v) is 7.81. The predicted molar refractivity (Wildman–Crippen MR) is 119 cm³/mol. The van der Waals surface area contributed by atoms with E-state index in [-0.39, 0.29) is 11.8 Å². The molecule has 1 aliphatic heterocycles.